The maximum atomic E-state index is 12.6. The molecule has 0 radical (unpaired) electrons. The highest BCUT2D eigenvalue weighted by atomic mass is 19.1. The Kier molecular flexibility index (Phi) is 3.46. The summed E-state index contributed by atoms with van der Waals surface area (Å²) in [5.41, 5.74) is 3.04. The fourth-order valence-electron chi connectivity index (χ4n) is 1.19. The summed E-state index contributed by atoms with van der Waals surface area (Å²) in [6.45, 7) is 0.267. The first-order valence-corrected chi connectivity index (χ1v) is 4.94. The van der Waals surface area contributed by atoms with Gasteiger partial charge in [-0.3, -0.25) is 4.98 Å². The minimum Gasteiger partial charge on any atom is -0.487 e. The van der Waals surface area contributed by atoms with Crippen LogP contribution in [0.2, 0.25) is 0 Å². The van der Waals surface area contributed by atoms with Gasteiger partial charge in [-0.2, -0.15) is 0 Å². The molecular formula is C11H11FN4O. The molecule has 0 aliphatic carbocycles. The Bertz CT molecular complexity index is 472. The van der Waals surface area contributed by atoms with Gasteiger partial charge in [0.2, 0.25) is 0 Å². The van der Waals surface area contributed by atoms with Gasteiger partial charge in [0.25, 0.3) is 0 Å². The lowest BCUT2D eigenvalue weighted by molar-refractivity contribution is 0.300. The Labute approximate surface area is 97.4 Å². The molecule has 0 bridgehead atoms. The quantitative estimate of drug-likeness (QED) is 0.619. The van der Waals surface area contributed by atoms with Gasteiger partial charge in [-0.1, -0.05) is 0 Å². The van der Waals surface area contributed by atoms with E-state index < -0.39 is 0 Å². The van der Waals surface area contributed by atoms with Crippen LogP contribution in [0.4, 0.5) is 10.2 Å². The van der Waals surface area contributed by atoms with Gasteiger partial charge < -0.3 is 10.2 Å². The fraction of sp³-hybridized carbons (Fsp3) is 0.0909. The number of rotatable bonds is 4. The van der Waals surface area contributed by atoms with Crippen LogP contribution in [0.5, 0.6) is 5.75 Å². The van der Waals surface area contributed by atoms with Crippen LogP contribution in [-0.4, -0.2) is 9.97 Å². The Balaban J connectivity index is 1.95. The molecule has 0 unspecified atom stereocenters. The lowest BCUT2D eigenvalue weighted by atomic mass is 10.3. The smallest absolute Gasteiger partial charge is 0.158 e. The molecule has 1 aromatic heterocycles. The summed E-state index contributed by atoms with van der Waals surface area (Å²) < 4.78 is 18.0. The molecule has 2 aromatic rings. The minimum atomic E-state index is -0.296. The number of hydrogen-bond acceptors (Lipinski definition) is 5. The predicted molar refractivity (Wildman–Crippen MR) is 60.6 cm³/mol. The first-order chi connectivity index (χ1) is 8.28. The van der Waals surface area contributed by atoms with E-state index in [-0.39, 0.29) is 12.4 Å². The average molecular weight is 234 g/mol. The van der Waals surface area contributed by atoms with E-state index in [1.54, 1.807) is 18.3 Å². The van der Waals surface area contributed by atoms with Crippen molar-refractivity contribution in [2.45, 2.75) is 6.61 Å². The van der Waals surface area contributed by atoms with Crippen molar-refractivity contribution < 1.29 is 9.13 Å². The zero-order valence-corrected chi connectivity index (χ0v) is 8.93. The topological polar surface area (TPSA) is 73.1 Å². The van der Waals surface area contributed by atoms with Gasteiger partial charge in [0, 0.05) is 0 Å². The average Bonchev–Trinajstić information content (AvgIpc) is 2.39. The molecule has 3 N–H and O–H groups in total. The monoisotopic (exact) mass is 234 g/mol. The third kappa shape index (κ3) is 3.12. The molecule has 0 spiro atoms. The maximum Gasteiger partial charge on any atom is 0.158 e. The molecule has 0 aliphatic heterocycles. The van der Waals surface area contributed by atoms with Crippen molar-refractivity contribution in [1.82, 2.24) is 9.97 Å². The highest BCUT2D eigenvalue weighted by Gasteiger charge is 1.99. The van der Waals surface area contributed by atoms with E-state index in [1.165, 1.54) is 18.3 Å². The third-order valence-corrected chi connectivity index (χ3v) is 2.05. The number of nitrogens with two attached hydrogens (primary N) is 1. The number of halogens is 1. The molecule has 17 heavy (non-hydrogen) atoms. The van der Waals surface area contributed by atoms with Crippen LogP contribution < -0.4 is 16.0 Å². The third-order valence-electron chi connectivity index (χ3n) is 2.05. The summed E-state index contributed by atoms with van der Waals surface area (Å²) in [7, 11) is 0. The second-order valence-electron chi connectivity index (χ2n) is 3.28. The summed E-state index contributed by atoms with van der Waals surface area (Å²) in [5.74, 6) is 5.92. The van der Waals surface area contributed by atoms with E-state index in [0.717, 1.165) is 0 Å². The number of ether oxygens (including phenoxy) is 1. The van der Waals surface area contributed by atoms with E-state index >= 15 is 0 Å². The largest absolute Gasteiger partial charge is 0.487 e. The van der Waals surface area contributed by atoms with Crippen molar-refractivity contribution in [3.63, 3.8) is 0 Å². The molecule has 1 aromatic carbocycles. The summed E-state index contributed by atoms with van der Waals surface area (Å²) >= 11 is 0. The first kappa shape index (κ1) is 11.3. The van der Waals surface area contributed by atoms with Gasteiger partial charge in [-0.25, -0.2) is 15.2 Å². The molecule has 0 amide bonds. The molecule has 0 atom stereocenters. The van der Waals surface area contributed by atoms with Crippen molar-refractivity contribution in [2.75, 3.05) is 5.43 Å². The molecule has 0 saturated heterocycles. The fourth-order valence-corrected chi connectivity index (χ4v) is 1.19. The zero-order chi connectivity index (χ0) is 12.1. The van der Waals surface area contributed by atoms with Gasteiger partial charge in [-0.15, -0.1) is 0 Å². The van der Waals surface area contributed by atoms with Crippen molar-refractivity contribution >= 4 is 5.82 Å². The highest BCUT2D eigenvalue weighted by Crippen LogP contribution is 2.12. The Hall–Kier alpha value is -2.21. The maximum absolute atomic E-state index is 12.6. The van der Waals surface area contributed by atoms with Crippen LogP contribution in [0.1, 0.15) is 5.69 Å². The summed E-state index contributed by atoms with van der Waals surface area (Å²) in [6, 6.07) is 5.78. The van der Waals surface area contributed by atoms with Crippen molar-refractivity contribution in [1.29, 1.82) is 0 Å². The Morgan fingerprint density at radius 3 is 2.53 bits per heavy atom. The van der Waals surface area contributed by atoms with Gasteiger partial charge in [0.1, 0.15) is 18.2 Å². The van der Waals surface area contributed by atoms with Crippen molar-refractivity contribution in [2.24, 2.45) is 5.84 Å². The van der Waals surface area contributed by atoms with E-state index in [4.69, 9.17) is 10.6 Å². The number of nitrogens with one attached hydrogen (secondary N) is 1. The van der Waals surface area contributed by atoms with Gasteiger partial charge in [-0.05, 0) is 24.3 Å². The van der Waals surface area contributed by atoms with Crippen LogP contribution in [-0.2, 0) is 6.61 Å². The normalized spacial score (nSPS) is 10.0. The van der Waals surface area contributed by atoms with E-state index in [2.05, 4.69) is 15.4 Å². The highest BCUT2D eigenvalue weighted by molar-refractivity contribution is 5.28. The number of aromatic nitrogens is 2. The van der Waals surface area contributed by atoms with E-state index in [0.29, 0.717) is 17.3 Å². The molecule has 0 fully saturated rings. The summed E-state index contributed by atoms with van der Waals surface area (Å²) in [5, 5.41) is 0. The Morgan fingerprint density at radius 1 is 1.18 bits per heavy atom. The SMILES string of the molecule is NNc1cnc(COc2ccc(F)cc2)cn1. The van der Waals surface area contributed by atoms with Gasteiger partial charge in [0.05, 0.1) is 18.1 Å². The van der Waals surface area contributed by atoms with Crippen molar-refractivity contribution in [3.05, 3.63) is 48.2 Å². The molecular weight excluding hydrogens is 223 g/mol. The predicted octanol–water partition coefficient (Wildman–Crippen LogP) is 1.48. The second-order valence-corrected chi connectivity index (χ2v) is 3.28. The van der Waals surface area contributed by atoms with Crippen LogP contribution >= 0.6 is 0 Å². The molecule has 6 heteroatoms. The number of benzene rings is 1. The number of nitrogen functional groups attached to an aromatic ring is 1. The van der Waals surface area contributed by atoms with Crippen LogP contribution in [0.3, 0.4) is 0 Å². The Morgan fingerprint density at radius 2 is 1.94 bits per heavy atom. The van der Waals surface area contributed by atoms with Crippen LogP contribution in [0.25, 0.3) is 0 Å². The molecule has 88 valence electrons. The zero-order valence-electron chi connectivity index (χ0n) is 8.93. The molecule has 0 saturated carbocycles. The second kappa shape index (κ2) is 5.22. The standard InChI is InChI=1S/C11H11FN4O/c12-8-1-3-10(4-2-8)17-7-9-5-15-11(16-13)6-14-9/h1-6H,7,13H2,(H,15,16). The number of hydrogen-bond donors (Lipinski definition) is 2. The summed E-state index contributed by atoms with van der Waals surface area (Å²) in [4.78, 5) is 8.06. The number of anilines is 1. The van der Waals surface area contributed by atoms with Crippen LogP contribution in [0, 0.1) is 5.82 Å². The number of nitrogens with zero attached hydrogens (tertiary/aromatic N) is 2. The van der Waals surface area contributed by atoms with Gasteiger partial charge >= 0.3 is 0 Å². The molecule has 1 heterocycles. The van der Waals surface area contributed by atoms with E-state index in [1.807, 2.05) is 0 Å². The minimum absolute atomic E-state index is 0.267. The number of hydrazine groups is 1. The lowest BCUT2D eigenvalue weighted by Gasteiger charge is -2.05. The lowest BCUT2D eigenvalue weighted by Crippen LogP contribution is -2.09. The summed E-state index contributed by atoms with van der Waals surface area (Å²) in [6.07, 6.45) is 3.06. The van der Waals surface area contributed by atoms with Crippen molar-refractivity contribution in [3.8, 4) is 5.75 Å². The molecule has 2 rings (SSSR count). The van der Waals surface area contributed by atoms with Crippen LogP contribution in [0.15, 0.2) is 36.7 Å². The molecule has 0 aliphatic rings. The van der Waals surface area contributed by atoms with E-state index in [9.17, 15) is 4.39 Å². The molecule has 5 nitrogen and oxygen atoms in total. The first-order valence-electron chi connectivity index (χ1n) is 4.94. The van der Waals surface area contributed by atoms with Gasteiger partial charge in [0.15, 0.2) is 5.82 Å².